The molecule has 6 nitrogen and oxygen atoms in total. The molecule has 1 aromatic heterocycles. The minimum atomic E-state index is -0.381. The maximum absolute atomic E-state index is 13.2. The van der Waals surface area contributed by atoms with Crippen molar-refractivity contribution < 1.29 is 9.18 Å². The summed E-state index contributed by atoms with van der Waals surface area (Å²) in [5, 5.41) is 10.5. The first-order valence-electron chi connectivity index (χ1n) is 7.52. The van der Waals surface area contributed by atoms with Gasteiger partial charge < -0.3 is 0 Å². The van der Waals surface area contributed by atoms with Crippen molar-refractivity contribution in [3.63, 3.8) is 0 Å². The number of nitrogens with one attached hydrogen (secondary N) is 1. The first-order chi connectivity index (χ1) is 11.5. The predicted molar refractivity (Wildman–Crippen MR) is 87.2 cm³/mol. The molecule has 0 atom stereocenters. The van der Waals surface area contributed by atoms with Gasteiger partial charge in [-0.05, 0) is 23.6 Å². The summed E-state index contributed by atoms with van der Waals surface area (Å²) in [4.78, 5) is 20.2. The quantitative estimate of drug-likeness (QED) is 0.823. The van der Waals surface area contributed by atoms with Gasteiger partial charge in [0.1, 0.15) is 11.9 Å². The summed E-state index contributed by atoms with van der Waals surface area (Å²) in [5.41, 5.74) is 3.34. The van der Waals surface area contributed by atoms with E-state index in [0.717, 1.165) is 0 Å². The van der Waals surface area contributed by atoms with Crippen LogP contribution in [0.4, 0.5) is 10.2 Å². The first kappa shape index (κ1) is 17.3. The van der Waals surface area contributed by atoms with Crippen LogP contribution in [0.2, 0.25) is 0 Å². The molecule has 0 saturated heterocycles. The highest BCUT2D eigenvalue weighted by Gasteiger charge is 2.15. The summed E-state index contributed by atoms with van der Waals surface area (Å²) in [6.45, 7) is 4.51. The molecule has 1 heterocycles. The van der Waals surface area contributed by atoms with Crippen LogP contribution in [0.15, 0.2) is 36.5 Å². The molecule has 0 fully saturated rings. The molecule has 1 N–H and O–H groups in total. The smallest absolute Gasteiger partial charge is 0.242 e. The van der Waals surface area contributed by atoms with E-state index in [4.69, 9.17) is 5.26 Å². The van der Waals surface area contributed by atoms with E-state index in [1.54, 1.807) is 23.2 Å². The van der Waals surface area contributed by atoms with Gasteiger partial charge in [0.15, 0.2) is 5.82 Å². The number of anilines is 1. The number of amides is 1. The number of rotatable bonds is 6. The average Bonchev–Trinajstić information content (AvgIpc) is 2.54. The summed E-state index contributed by atoms with van der Waals surface area (Å²) >= 11 is 0. The Hall–Kier alpha value is -3.01. The Balaban J connectivity index is 2.13. The van der Waals surface area contributed by atoms with Crippen molar-refractivity contribution in [1.29, 1.82) is 5.26 Å². The molecule has 0 unspecified atom stereocenters. The number of nitrogens with zero attached hydrogens (tertiary/aromatic N) is 4. The number of benzene rings is 1. The second-order valence-electron chi connectivity index (χ2n) is 5.70. The maximum atomic E-state index is 13.2. The first-order valence-corrected chi connectivity index (χ1v) is 7.52. The van der Waals surface area contributed by atoms with Crippen LogP contribution >= 0.6 is 0 Å². The van der Waals surface area contributed by atoms with Gasteiger partial charge in [-0.15, -0.1) is 0 Å². The van der Waals surface area contributed by atoms with Crippen molar-refractivity contribution in [3.05, 3.63) is 53.7 Å². The van der Waals surface area contributed by atoms with Crippen LogP contribution in [0.25, 0.3) is 0 Å². The highest BCUT2D eigenvalue weighted by atomic mass is 19.1. The average molecular weight is 327 g/mol. The molecule has 1 aromatic carbocycles. The molecule has 24 heavy (non-hydrogen) atoms. The monoisotopic (exact) mass is 327 g/mol. The third-order valence-electron chi connectivity index (χ3n) is 3.08. The van der Waals surface area contributed by atoms with Gasteiger partial charge in [0.2, 0.25) is 11.7 Å². The number of carbonyl (C=O) groups excluding carboxylic acids is 1. The van der Waals surface area contributed by atoms with E-state index in [0.29, 0.717) is 17.9 Å². The zero-order valence-electron chi connectivity index (χ0n) is 13.5. The lowest BCUT2D eigenvalue weighted by molar-refractivity contribution is -0.120. The third kappa shape index (κ3) is 5.02. The van der Waals surface area contributed by atoms with Gasteiger partial charge in [-0.2, -0.15) is 10.2 Å². The van der Waals surface area contributed by atoms with Crippen LogP contribution in [0.5, 0.6) is 0 Å². The van der Waals surface area contributed by atoms with E-state index in [2.05, 4.69) is 15.4 Å². The van der Waals surface area contributed by atoms with Crippen molar-refractivity contribution in [3.8, 4) is 6.07 Å². The number of hydrogen-bond acceptors (Lipinski definition) is 5. The molecule has 0 saturated carbocycles. The van der Waals surface area contributed by atoms with Crippen molar-refractivity contribution in [2.75, 3.05) is 11.6 Å². The highest BCUT2D eigenvalue weighted by molar-refractivity contribution is 5.80. The molecule has 2 rings (SSSR count). The molecular weight excluding hydrogens is 309 g/mol. The molecule has 0 aliphatic rings. The van der Waals surface area contributed by atoms with Gasteiger partial charge in [0.25, 0.3) is 0 Å². The number of aromatic nitrogens is 2. The highest BCUT2D eigenvalue weighted by Crippen LogP contribution is 2.11. The molecule has 2 aromatic rings. The molecule has 0 aliphatic heterocycles. The van der Waals surface area contributed by atoms with E-state index in [-0.39, 0.29) is 29.9 Å². The van der Waals surface area contributed by atoms with Crippen LogP contribution in [-0.2, 0) is 11.2 Å². The number of hydrazine groups is 1. The fourth-order valence-electron chi connectivity index (χ4n) is 2.14. The second-order valence-corrected chi connectivity index (χ2v) is 5.70. The molecule has 7 heteroatoms. The zero-order valence-corrected chi connectivity index (χ0v) is 13.5. The predicted octanol–water partition coefficient (Wildman–Crippen LogP) is 2.22. The Morgan fingerprint density at radius 1 is 1.42 bits per heavy atom. The summed E-state index contributed by atoms with van der Waals surface area (Å²) in [6.07, 6.45) is 1.51. The van der Waals surface area contributed by atoms with E-state index in [9.17, 15) is 9.18 Å². The molecule has 0 bridgehead atoms. The summed E-state index contributed by atoms with van der Waals surface area (Å²) in [6, 6.07) is 9.39. The second kappa shape index (κ2) is 8.02. The standard InChI is InChI=1S/C17H18FN5O/c1-12(2)11-23(16-6-7-20-15(10-19)21-16)22-17(24)9-13-4-3-5-14(18)8-13/h3-8,12H,9,11H2,1-2H3,(H,22,24). The topological polar surface area (TPSA) is 81.9 Å². The normalized spacial score (nSPS) is 10.3. The van der Waals surface area contributed by atoms with Gasteiger partial charge in [-0.3, -0.25) is 15.2 Å². The Morgan fingerprint density at radius 2 is 2.21 bits per heavy atom. The van der Waals surface area contributed by atoms with Crippen LogP contribution in [0, 0.1) is 23.1 Å². The van der Waals surface area contributed by atoms with Gasteiger partial charge in [-0.25, -0.2) is 9.37 Å². The molecule has 0 radical (unpaired) electrons. The Bertz CT molecular complexity index is 757. The fourth-order valence-corrected chi connectivity index (χ4v) is 2.14. The lowest BCUT2D eigenvalue weighted by atomic mass is 10.1. The fraction of sp³-hybridized carbons (Fsp3) is 0.294. The van der Waals surface area contributed by atoms with Gasteiger partial charge in [0.05, 0.1) is 6.42 Å². The molecular formula is C17H18FN5O. The SMILES string of the molecule is CC(C)CN(NC(=O)Cc1cccc(F)c1)c1ccnc(C#N)n1. The van der Waals surface area contributed by atoms with Crippen LogP contribution < -0.4 is 10.4 Å². The summed E-state index contributed by atoms with van der Waals surface area (Å²) in [7, 11) is 0. The van der Waals surface area contributed by atoms with E-state index >= 15 is 0 Å². The van der Waals surface area contributed by atoms with Crippen LogP contribution in [0.3, 0.4) is 0 Å². The van der Waals surface area contributed by atoms with Crippen molar-refractivity contribution >= 4 is 11.7 Å². The van der Waals surface area contributed by atoms with Gasteiger partial charge in [-0.1, -0.05) is 26.0 Å². The number of nitriles is 1. The van der Waals surface area contributed by atoms with E-state index < -0.39 is 0 Å². The molecule has 124 valence electrons. The van der Waals surface area contributed by atoms with E-state index in [1.807, 2.05) is 19.9 Å². The number of halogens is 1. The Kier molecular flexibility index (Phi) is 5.79. The largest absolute Gasteiger partial charge is 0.273 e. The Morgan fingerprint density at radius 3 is 2.88 bits per heavy atom. The van der Waals surface area contributed by atoms with E-state index in [1.165, 1.54) is 18.3 Å². The minimum absolute atomic E-state index is 0.0284. The molecule has 0 aliphatic carbocycles. The van der Waals surface area contributed by atoms with Crippen molar-refractivity contribution in [2.24, 2.45) is 5.92 Å². The third-order valence-corrected chi connectivity index (χ3v) is 3.08. The molecule has 0 spiro atoms. The van der Waals surface area contributed by atoms with Crippen molar-refractivity contribution in [1.82, 2.24) is 15.4 Å². The Labute approximate surface area is 139 Å². The van der Waals surface area contributed by atoms with Crippen LogP contribution in [0.1, 0.15) is 25.2 Å². The van der Waals surface area contributed by atoms with Gasteiger partial charge in [0, 0.05) is 18.8 Å². The lowest BCUT2D eigenvalue weighted by Crippen LogP contribution is -2.45. The number of hydrogen-bond donors (Lipinski definition) is 1. The minimum Gasteiger partial charge on any atom is -0.273 e. The summed E-state index contributed by atoms with van der Waals surface area (Å²) in [5.74, 6) is 0.0376. The van der Waals surface area contributed by atoms with Crippen LogP contribution in [-0.4, -0.2) is 22.4 Å². The van der Waals surface area contributed by atoms with Gasteiger partial charge >= 0.3 is 0 Å². The number of carbonyl (C=O) groups is 1. The lowest BCUT2D eigenvalue weighted by Gasteiger charge is -2.26. The maximum Gasteiger partial charge on any atom is 0.242 e. The van der Waals surface area contributed by atoms with Crippen molar-refractivity contribution in [2.45, 2.75) is 20.3 Å². The zero-order chi connectivity index (χ0) is 17.5. The molecule has 1 amide bonds. The summed E-state index contributed by atoms with van der Waals surface area (Å²) < 4.78 is 13.2.